The van der Waals surface area contributed by atoms with Gasteiger partial charge in [0.25, 0.3) is 0 Å². The maximum Gasteiger partial charge on any atom is 0.410 e. The van der Waals surface area contributed by atoms with Gasteiger partial charge in [0.05, 0.1) is 43.8 Å². The zero-order valence-electron chi connectivity index (χ0n) is 32.4. The van der Waals surface area contributed by atoms with E-state index in [1.807, 2.05) is 66.0 Å². The summed E-state index contributed by atoms with van der Waals surface area (Å²) >= 11 is 0. The molecule has 3 aliphatic heterocycles. The normalized spacial score (nSPS) is 20.5. The van der Waals surface area contributed by atoms with Crippen molar-refractivity contribution >= 4 is 24.1 Å². The summed E-state index contributed by atoms with van der Waals surface area (Å²) in [6.07, 6.45) is 5.72. The van der Waals surface area contributed by atoms with Crippen LogP contribution in [0.2, 0.25) is 0 Å². The third kappa shape index (κ3) is 11.9. The molecule has 0 bridgehead atoms. The van der Waals surface area contributed by atoms with Crippen molar-refractivity contribution in [3.63, 3.8) is 0 Å². The van der Waals surface area contributed by atoms with Crippen molar-refractivity contribution in [1.29, 1.82) is 5.26 Å². The molecule has 2 saturated heterocycles. The van der Waals surface area contributed by atoms with Gasteiger partial charge in [0.2, 0.25) is 0 Å². The number of aromatic nitrogens is 2. The molecule has 4 heterocycles. The quantitative estimate of drug-likeness (QED) is 0.174. The molecule has 0 saturated carbocycles. The van der Waals surface area contributed by atoms with Gasteiger partial charge in [-0.15, -0.1) is 0 Å². The molecule has 0 radical (unpaired) electrons. The van der Waals surface area contributed by atoms with Crippen molar-refractivity contribution in [2.75, 3.05) is 57.4 Å². The lowest BCUT2D eigenvalue weighted by atomic mass is 9.89. The van der Waals surface area contributed by atoms with Gasteiger partial charge in [-0.1, -0.05) is 30.3 Å². The lowest BCUT2D eigenvalue weighted by Crippen LogP contribution is -2.56. The molecule has 288 valence electrons. The summed E-state index contributed by atoms with van der Waals surface area (Å²) in [6, 6.07) is 12.8. The fraction of sp³-hybridized carbons (Fsp3) is 0.650. The fourth-order valence-corrected chi connectivity index (χ4v) is 7.11. The van der Waals surface area contributed by atoms with Gasteiger partial charge < -0.3 is 28.7 Å². The Morgan fingerprint density at radius 1 is 0.962 bits per heavy atom. The van der Waals surface area contributed by atoms with E-state index in [2.05, 4.69) is 28.0 Å². The molecule has 1 amide bonds. The van der Waals surface area contributed by atoms with E-state index < -0.39 is 17.3 Å². The van der Waals surface area contributed by atoms with Crippen LogP contribution >= 0.6 is 0 Å². The Kier molecular flexibility index (Phi) is 13.7. The topological polar surface area (TPSA) is 143 Å². The number of hydrogen-bond donors (Lipinski definition) is 0. The number of nitriles is 1. The number of anilines is 1. The summed E-state index contributed by atoms with van der Waals surface area (Å²) < 4.78 is 23.2. The molecule has 0 N–H and O–H groups in total. The predicted molar refractivity (Wildman–Crippen MR) is 202 cm³/mol. The largest absolute Gasteiger partial charge is 0.462 e. The number of esters is 1. The maximum absolute atomic E-state index is 13.2. The third-order valence-corrected chi connectivity index (χ3v) is 9.43. The van der Waals surface area contributed by atoms with Crippen molar-refractivity contribution < 1.29 is 28.5 Å². The number of fused-ring (bicyclic) bond motifs is 1. The Labute approximate surface area is 314 Å². The summed E-state index contributed by atoms with van der Waals surface area (Å²) in [5.74, 6) is 0.487. The molecule has 3 aliphatic rings. The van der Waals surface area contributed by atoms with Gasteiger partial charge in [0.1, 0.15) is 23.6 Å². The van der Waals surface area contributed by atoms with E-state index in [0.29, 0.717) is 52.0 Å². The van der Waals surface area contributed by atoms with E-state index in [4.69, 9.17) is 33.9 Å². The minimum atomic E-state index is -0.640. The number of amides is 1. The van der Waals surface area contributed by atoms with Crippen LogP contribution in [0, 0.1) is 11.3 Å². The zero-order chi connectivity index (χ0) is 38.0. The number of carbonyl (C=O) groups is 2. The standard InChI is InChI=1S/C40H57N7O6/c1-39(2,3)52-34(48)16-23-50-22-11-19-45-18-10-14-32(45)28-51-37-43-33-26-42-25-30(24-29-12-8-7-9-13-29)35(33)36(44-37)46-20-21-47(31(27-46)15-17-41)38(49)53-40(4,5)6/h7-9,12-13,25,30-32H,10-11,14-16,18-24,26-28H2,1-6H3/t30?,31-,32-/m0/s1. The first-order chi connectivity index (χ1) is 25.3. The number of carbonyl (C=O) groups excluding carboxylic acids is 2. The smallest absolute Gasteiger partial charge is 0.410 e. The first-order valence-corrected chi connectivity index (χ1v) is 19.0. The van der Waals surface area contributed by atoms with E-state index in [9.17, 15) is 14.9 Å². The average Bonchev–Trinajstić information content (AvgIpc) is 3.54. The van der Waals surface area contributed by atoms with Gasteiger partial charge in [-0.3, -0.25) is 14.7 Å². The molecule has 1 aromatic heterocycles. The second kappa shape index (κ2) is 18.2. The van der Waals surface area contributed by atoms with E-state index >= 15 is 0 Å². The molecule has 2 aromatic rings. The Balaban J connectivity index is 1.27. The molecule has 5 rings (SSSR count). The van der Waals surface area contributed by atoms with Crippen LogP contribution in [0.15, 0.2) is 35.3 Å². The van der Waals surface area contributed by atoms with Gasteiger partial charge in [0, 0.05) is 56.5 Å². The molecule has 2 fully saturated rings. The molecule has 13 nitrogen and oxygen atoms in total. The highest BCUT2D eigenvalue weighted by atomic mass is 16.6. The number of hydrogen-bond acceptors (Lipinski definition) is 12. The molecule has 1 aromatic carbocycles. The monoisotopic (exact) mass is 731 g/mol. The van der Waals surface area contributed by atoms with Crippen LogP contribution in [-0.2, 0) is 32.0 Å². The first kappa shape index (κ1) is 39.9. The van der Waals surface area contributed by atoms with E-state index in [0.717, 1.165) is 55.8 Å². The minimum Gasteiger partial charge on any atom is -0.462 e. The summed E-state index contributed by atoms with van der Waals surface area (Å²) in [6.45, 7) is 16.1. The van der Waals surface area contributed by atoms with Gasteiger partial charge in [0.15, 0.2) is 0 Å². The van der Waals surface area contributed by atoms with Crippen molar-refractivity contribution in [2.45, 2.75) is 116 Å². The average molecular weight is 732 g/mol. The Morgan fingerprint density at radius 2 is 1.74 bits per heavy atom. The number of piperazine rings is 1. The Bertz CT molecular complexity index is 1600. The van der Waals surface area contributed by atoms with Crippen molar-refractivity contribution in [1.82, 2.24) is 19.8 Å². The van der Waals surface area contributed by atoms with Gasteiger partial charge in [-0.25, -0.2) is 4.79 Å². The lowest BCUT2D eigenvalue weighted by molar-refractivity contribution is -0.156. The highest BCUT2D eigenvalue weighted by molar-refractivity contribution is 5.75. The summed E-state index contributed by atoms with van der Waals surface area (Å²) in [5.41, 5.74) is 1.92. The highest BCUT2D eigenvalue weighted by Gasteiger charge is 2.37. The van der Waals surface area contributed by atoms with E-state index in [1.165, 1.54) is 5.56 Å². The van der Waals surface area contributed by atoms with Crippen molar-refractivity contribution in [3.05, 3.63) is 47.2 Å². The van der Waals surface area contributed by atoms with Crippen LogP contribution in [0.4, 0.5) is 10.6 Å². The van der Waals surface area contributed by atoms with E-state index in [-0.39, 0.29) is 36.8 Å². The predicted octanol–water partition coefficient (Wildman–Crippen LogP) is 5.71. The summed E-state index contributed by atoms with van der Waals surface area (Å²) in [7, 11) is 0. The number of benzene rings is 1. The number of rotatable bonds is 14. The molecule has 1 unspecified atom stereocenters. The Hall–Kier alpha value is -4.28. The molecule has 0 aliphatic carbocycles. The molecular formula is C40H57N7O6. The molecule has 13 heteroatoms. The summed E-state index contributed by atoms with van der Waals surface area (Å²) in [5, 5.41) is 9.75. The van der Waals surface area contributed by atoms with E-state index in [1.54, 1.807) is 4.90 Å². The second-order valence-corrected chi connectivity index (χ2v) is 16.1. The number of aliphatic imine (C=N–C) groups is 1. The maximum atomic E-state index is 13.2. The fourth-order valence-electron chi connectivity index (χ4n) is 7.11. The van der Waals surface area contributed by atoms with Crippen molar-refractivity contribution in [3.8, 4) is 12.1 Å². The SMILES string of the molecule is CC(C)(C)OC(=O)CCOCCCN1CCC[C@H]1COc1nc2c(c(N3CCN(C(=O)OC(C)(C)C)[C@@H](CC#N)C3)n1)C(Cc1ccccc1)C=NC2. The molecule has 3 atom stereocenters. The van der Waals surface area contributed by atoms with Gasteiger partial charge in [-0.05, 0) is 79.3 Å². The minimum absolute atomic E-state index is 0.0415. The summed E-state index contributed by atoms with van der Waals surface area (Å²) in [4.78, 5) is 46.2. The number of likely N-dealkylation sites (tertiary alicyclic amines) is 1. The third-order valence-electron chi connectivity index (χ3n) is 9.43. The number of ether oxygens (including phenoxy) is 4. The second-order valence-electron chi connectivity index (χ2n) is 16.1. The van der Waals surface area contributed by atoms with Crippen LogP contribution in [0.3, 0.4) is 0 Å². The highest BCUT2D eigenvalue weighted by Crippen LogP contribution is 2.36. The Morgan fingerprint density at radius 3 is 2.47 bits per heavy atom. The molecule has 53 heavy (non-hydrogen) atoms. The van der Waals surface area contributed by atoms with Gasteiger partial charge in [-0.2, -0.15) is 15.2 Å². The molecule has 0 spiro atoms. The van der Waals surface area contributed by atoms with Crippen LogP contribution < -0.4 is 9.64 Å². The number of nitrogens with zero attached hydrogens (tertiary/aromatic N) is 7. The van der Waals surface area contributed by atoms with Gasteiger partial charge >= 0.3 is 18.1 Å². The van der Waals surface area contributed by atoms with Crippen LogP contribution in [0.1, 0.15) is 96.4 Å². The van der Waals surface area contributed by atoms with Crippen LogP contribution in [0.5, 0.6) is 6.01 Å². The molecular weight excluding hydrogens is 674 g/mol. The van der Waals surface area contributed by atoms with Crippen molar-refractivity contribution in [2.24, 2.45) is 4.99 Å². The first-order valence-electron chi connectivity index (χ1n) is 19.0. The van der Waals surface area contributed by atoms with Crippen LogP contribution in [-0.4, -0.2) is 114 Å². The zero-order valence-corrected chi connectivity index (χ0v) is 32.4. The van der Waals surface area contributed by atoms with Crippen LogP contribution in [0.25, 0.3) is 0 Å². The lowest BCUT2D eigenvalue weighted by Gasteiger charge is -2.42.